The molecule has 7 nitrogen and oxygen atoms in total. The van der Waals surface area contributed by atoms with E-state index in [0.717, 1.165) is 0 Å². The van der Waals surface area contributed by atoms with Gasteiger partial charge in [0.1, 0.15) is 5.84 Å². The lowest BCUT2D eigenvalue weighted by Gasteiger charge is -2.09. The number of furan rings is 1. The maximum Gasteiger partial charge on any atom is 0.287 e. The van der Waals surface area contributed by atoms with Gasteiger partial charge in [-0.25, -0.2) is 0 Å². The number of carbonyl (C=O) groups is 1. The van der Waals surface area contributed by atoms with Gasteiger partial charge in [0.15, 0.2) is 11.7 Å². The van der Waals surface area contributed by atoms with E-state index in [1.165, 1.54) is 13.3 Å². The number of amides is 1. The van der Waals surface area contributed by atoms with Crippen molar-refractivity contribution in [1.82, 2.24) is 10.6 Å². The highest BCUT2D eigenvalue weighted by Gasteiger charge is 2.13. The third-order valence-corrected chi connectivity index (χ3v) is 2.23. The fraction of sp³-hybridized carbons (Fsp3) is 0.333. The van der Waals surface area contributed by atoms with Crippen molar-refractivity contribution in [3.63, 3.8) is 0 Å². The van der Waals surface area contributed by atoms with Gasteiger partial charge in [-0.1, -0.05) is 0 Å². The number of nitriles is 2. The maximum atomic E-state index is 11.5. The molecule has 1 heterocycles. The maximum absolute atomic E-state index is 11.5. The Hall–Kier alpha value is -2.80. The Morgan fingerprint density at radius 1 is 1.42 bits per heavy atom. The molecule has 0 unspecified atom stereocenters. The Labute approximate surface area is 110 Å². The third-order valence-electron chi connectivity index (χ3n) is 2.23. The normalized spacial score (nSPS) is 10.6. The van der Waals surface area contributed by atoms with Gasteiger partial charge >= 0.3 is 0 Å². The van der Waals surface area contributed by atoms with Crippen molar-refractivity contribution in [1.29, 1.82) is 10.5 Å². The number of rotatable bonds is 5. The Balaban J connectivity index is 2.33. The van der Waals surface area contributed by atoms with Crippen LogP contribution in [0.2, 0.25) is 0 Å². The molecule has 2 N–H and O–H groups in total. The predicted molar refractivity (Wildman–Crippen MR) is 67.1 cm³/mol. The summed E-state index contributed by atoms with van der Waals surface area (Å²) in [5, 5.41) is 22.9. The van der Waals surface area contributed by atoms with E-state index in [-0.39, 0.29) is 17.5 Å². The van der Waals surface area contributed by atoms with Crippen LogP contribution in [0.5, 0.6) is 0 Å². The summed E-state index contributed by atoms with van der Waals surface area (Å²) in [5.74, 6) is -0.724. The Bertz CT molecular complexity index is 507. The minimum absolute atomic E-state index is 0.233. The van der Waals surface area contributed by atoms with Crippen LogP contribution in [-0.2, 0) is 0 Å². The molecule has 1 aromatic heterocycles. The van der Waals surface area contributed by atoms with E-state index < -0.39 is 5.92 Å². The average Bonchev–Trinajstić information content (AvgIpc) is 2.96. The minimum Gasteiger partial charge on any atom is -0.459 e. The summed E-state index contributed by atoms with van der Waals surface area (Å²) in [4.78, 5) is 15.3. The SMILES string of the molecule is CN=C(NCCNC(=O)c1ccco1)C(C#N)C#N. The number of hydrogen-bond acceptors (Lipinski definition) is 5. The Morgan fingerprint density at radius 3 is 2.63 bits per heavy atom. The minimum atomic E-state index is -0.925. The van der Waals surface area contributed by atoms with Gasteiger partial charge in [0.25, 0.3) is 5.91 Å². The number of hydrogen-bond donors (Lipinski definition) is 2. The van der Waals surface area contributed by atoms with Crippen LogP contribution in [0, 0.1) is 28.6 Å². The second-order valence-electron chi connectivity index (χ2n) is 3.46. The topological polar surface area (TPSA) is 114 Å². The van der Waals surface area contributed by atoms with Gasteiger partial charge in [-0.05, 0) is 12.1 Å². The summed E-state index contributed by atoms with van der Waals surface area (Å²) >= 11 is 0. The first-order valence-corrected chi connectivity index (χ1v) is 5.54. The van der Waals surface area contributed by atoms with E-state index >= 15 is 0 Å². The van der Waals surface area contributed by atoms with Crippen molar-refractivity contribution in [3.8, 4) is 12.1 Å². The molecule has 1 rings (SSSR count). The van der Waals surface area contributed by atoms with Crippen molar-refractivity contribution in [2.24, 2.45) is 10.9 Å². The second-order valence-corrected chi connectivity index (χ2v) is 3.46. The van der Waals surface area contributed by atoms with Crippen LogP contribution in [0.25, 0.3) is 0 Å². The van der Waals surface area contributed by atoms with E-state index in [0.29, 0.717) is 13.1 Å². The van der Waals surface area contributed by atoms with Crippen LogP contribution in [0.3, 0.4) is 0 Å². The Morgan fingerprint density at radius 2 is 2.11 bits per heavy atom. The van der Waals surface area contributed by atoms with Crippen LogP contribution < -0.4 is 10.6 Å². The number of amidine groups is 1. The van der Waals surface area contributed by atoms with E-state index in [4.69, 9.17) is 14.9 Å². The highest BCUT2D eigenvalue weighted by atomic mass is 16.3. The molecular weight excluding hydrogens is 246 g/mol. The quantitative estimate of drug-likeness (QED) is 0.448. The summed E-state index contributed by atoms with van der Waals surface area (Å²) in [6.07, 6.45) is 1.42. The molecule has 0 aliphatic rings. The first-order valence-electron chi connectivity index (χ1n) is 5.54. The predicted octanol–water partition coefficient (Wildman–Crippen LogP) is 0.291. The summed E-state index contributed by atoms with van der Waals surface area (Å²) in [7, 11) is 1.49. The average molecular weight is 259 g/mol. The van der Waals surface area contributed by atoms with E-state index in [9.17, 15) is 4.79 Å². The number of aliphatic imine (C=N–C) groups is 1. The monoisotopic (exact) mass is 259 g/mol. The smallest absolute Gasteiger partial charge is 0.287 e. The molecule has 0 fully saturated rings. The summed E-state index contributed by atoms with van der Waals surface area (Å²) in [6.45, 7) is 0.682. The number of nitrogens with zero attached hydrogens (tertiary/aromatic N) is 3. The zero-order valence-electron chi connectivity index (χ0n) is 10.4. The lowest BCUT2D eigenvalue weighted by molar-refractivity contribution is 0.0926. The molecule has 0 aromatic carbocycles. The molecule has 19 heavy (non-hydrogen) atoms. The molecule has 0 atom stereocenters. The molecule has 0 aliphatic heterocycles. The van der Waals surface area contributed by atoms with Crippen LogP contribution in [0.15, 0.2) is 27.8 Å². The highest BCUT2D eigenvalue weighted by molar-refractivity contribution is 5.91. The number of nitrogens with one attached hydrogen (secondary N) is 2. The van der Waals surface area contributed by atoms with Gasteiger partial charge in [0.05, 0.1) is 18.4 Å². The molecule has 0 spiro atoms. The lowest BCUT2D eigenvalue weighted by atomic mass is 10.2. The first kappa shape index (κ1) is 14.3. The van der Waals surface area contributed by atoms with Gasteiger partial charge < -0.3 is 15.1 Å². The van der Waals surface area contributed by atoms with E-state index in [1.807, 2.05) is 12.1 Å². The van der Waals surface area contributed by atoms with Crippen LogP contribution in [0.4, 0.5) is 0 Å². The van der Waals surface area contributed by atoms with Gasteiger partial charge in [-0.3, -0.25) is 9.79 Å². The van der Waals surface area contributed by atoms with Gasteiger partial charge in [-0.15, -0.1) is 0 Å². The van der Waals surface area contributed by atoms with Crippen molar-refractivity contribution < 1.29 is 9.21 Å². The van der Waals surface area contributed by atoms with Crippen LogP contribution in [0.1, 0.15) is 10.6 Å². The van der Waals surface area contributed by atoms with Gasteiger partial charge in [-0.2, -0.15) is 10.5 Å². The van der Waals surface area contributed by atoms with E-state index in [2.05, 4.69) is 15.6 Å². The standard InChI is InChI=1S/C12H13N5O2/c1-15-11(9(7-13)8-14)16-4-5-17-12(18)10-3-2-6-19-10/h2-3,6,9H,4-5H2,1H3,(H,15,16)(H,17,18). The highest BCUT2D eigenvalue weighted by Crippen LogP contribution is 1.98. The zero-order chi connectivity index (χ0) is 14.1. The summed E-state index contributed by atoms with van der Waals surface area (Å²) in [5.41, 5.74) is 0. The first-order chi connectivity index (χ1) is 9.22. The van der Waals surface area contributed by atoms with Gasteiger partial charge in [0.2, 0.25) is 0 Å². The third kappa shape index (κ3) is 4.17. The van der Waals surface area contributed by atoms with Crippen molar-refractivity contribution in [3.05, 3.63) is 24.2 Å². The molecule has 1 amide bonds. The zero-order valence-corrected chi connectivity index (χ0v) is 10.4. The molecule has 0 bridgehead atoms. The lowest BCUT2D eigenvalue weighted by Crippen LogP contribution is -2.37. The second kappa shape index (κ2) is 7.51. The fourth-order valence-corrected chi connectivity index (χ4v) is 1.32. The molecule has 1 aromatic rings. The molecule has 0 radical (unpaired) electrons. The van der Waals surface area contributed by atoms with Crippen molar-refractivity contribution in [2.75, 3.05) is 20.1 Å². The molecule has 0 aliphatic carbocycles. The Kier molecular flexibility index (Phi) is 5.64. The van der Waals surface area contributed by atoms with Crippen molar-refractivity contribution in [2.45, 2.75) is 0 Å². The van der Waals surface area contributed by atoms with Crippen LogP contribution in [-0.4, -0.2) is 31.9 Å². The molecule has 0 saturated heterocycles. The summed E-state index contributed by atoms with van der Waals surface area (Å²) < 4.78 is 4.93. The largest absolute Gasteiger partial charge is 0.459 e. The number of carbonyl (C=O) groups excluding carboxylic acids is 1. The fourth-order valence-electron chi connectivity index (χ4n) is 1.32. The van der Waals surface area contributed by atoms with Crippen molar-refractivity contribution >= 4 is 11.7 Å². The van der Waals surface area contributed by atoms with Crippen LogP contribution >= 0.6 is 0 Å². The molecular formula is C12H13N5O2. The molecule has 0 saturated carbocycles. The van der Waals surface area contributed by atoms with Gasteiger partial charge in [0, 0.05) is 20.1 Å². The molecule has 98 valence electrons. The summed E-state index contributed by atoms with van der Waals surface area (Å²) in [6, 6.07) is 6.82. The van der Waals surface area contributed by atoms with E-state index in [1.54, 1.807) is 12.1 Å². The molecule has 7 heteroatoms.